The molecule has 1 atom stereocenters. The lowest BCUT2D eigenvalue weighted by atomic mass is 10.1. The SMILES string of the molecule is CCCCC(N)CN(C)Cc1cccc(C)n1. The minimum Gasteiger partial charge on any atom is -0.327 e. The number of likely N-dealkylation sites (N-methyl/N-ethyl adjacent to an activating group) is 1. The summed E-state index contributed by atoms with van der Waals surface area (Å²) in [5.74, 6) is 0. The minimum absolute atomic E-state index is 0.282. The van der Waals surface area contributed by atoms with E-state index in [1.165, 1.54) is 12.8 Å². The first-order chi connectivity index (χ1) is 8.11. The minimum atomic E-state index is 0.282. The number of aromatic nitrogens is 1. The van der Waals surface area contributed by atoms with Crippen molar-refractivity contribution in [2.75, 3.05) is 13.6 Å². The third-order valence-electron chi connectivity index (χ3n) is 2.85. The van der Waals surface area contributed by atoms with Crippen molar-refractivity contribution in [3.05, 3.63) is 29.6 Å². The molecule has 1 heterocycles. The molecule has 0 aliphatic heterocycles. The second-order valence-corrected chi connectivity index (χ2v) is 4.87. The molecule has 17 heavy (non-hydrogen) atoms. The van der Waals surface area contributed by atoms with Gasteiger partial charge in [0.25, 0.3) is 0 Å². The fourth-order valence-electron chi connectivity index (χ4n) is 1.99. The topological polar surface area (TPSA) is 42.1 Å². The highest BCUT2D eigenvalue weighted by Gasteiger charge is 2.07. The van der Waals surface area contributed by atoms with Gasteiger partial charge in [0.15, 0.2) is 0 Å². The zero-order valence-electron chi connectivity index (χ0n) is 11.3. The molecule has 0 aliphatic carbocycles. The maximum absolute atomic E-state index is 6.08. The van der Waals surface area contributed by atoms with Gasteiger partial charge in [0, 0.05) is 24.8 Å². The van der Waals surface area contributed by atoms with Crippen molar-refractivity contribution < 1.29 is 0 Å². The van der Waals surface area contributed by atoms with Crippen LogP contribution in [0.5, 0.6) is 0 Å². The summed E-state index contributed by atoms with van der Waals surface area (Å²) in [6.07, 6.45) is 3.55. The molecule has 0 bridgehead atoms. The maximum Gasteiger partial charge on any atom is 0.0547 e. The highest BCUT2D eigenvalue weighted by atomic mass is 15.1. The highest BCUT2D eigenvalue weighted by Crippen LogP contribution is 2.04. The summed E-state index contributed by atoms with van der Waals surface area (Å²) in [6, 6.07) is 6.44. The fraction of sp³-hybridized carbons (Fsp3) is 0.643. The Hall–Kier alpha value is -0.930. The number of pyridine rings is 1. The number of aryl methyl sites for hydroxylation is 1. The van der Waals surface area contributed by atoms with E-state index >= 15 is 0 Å². The summed E-state index contributed by atoms with van der Waals surface area (Å²) >= 11 is 0. The summed E-state index contributed by atoms with van der Waals surface area (Å²) in [6.45, 7) is 6.04. The predicted octanol–water partition coefficient (Wildman–Crippen LogP) is 2.34. The van der Waals surface area contributed by atoms with Crippen molar-refractivity contribution >= 4 is 0 Å². The van der Waals surface area contributed by atoms with E-state index in [9.17, 15) is 0 Å². The smallest absolute Gasteiger partial charge is 0.0547 e. The van der Waals surface area contributed by atoms with Crippen LogP contribution in [0.4, 0.5) is 0 Å². The van der Waals surface area contributed by atoms with E-state index in [2.05, 4.69) is 36.0 Å². The van der Waals surface area contributed by atoms with E-state index < -0.39 is 0 Å². The Bertz CT molecular complexity index is 325. The van der Waals surface area contributed by atoms with Gasteiger partial charge in [0.2, 0.25) is 0 Å². The number of nitrogens with zero attached hydrogens (tertiary/aromatic N) is 2. The quantitative estimate of drug-likeness (QED) is 0.788. The van der Waals surface area contributed by atoms with Crippen LogP contribution in [0.1, 0.15) is 37.6 Å². The highest BCUT2D eigenvalue weighted by molar-refractivity contribution is 5.09. The Morgan fingerprint density at radius 1 is 1.41 bits per heavy atom. The Balaban J connectivity index is 2.36. The first-order valence-electron chi connectivity index (χ1n) is 6.48. The number of rotatable bonds is 7. The molecule has 0 fully saturated rings. The molecular weight excluding hydrogens is 210 g/mol. The zero-order chi connectivity index (χ0) is 12.7. The van der Waals surface area contributed by atoms with Crippen LogP contribution in [0, 0.1) is 6.92 Å². The molecule has 1 aromatic rings. The van der Waals surface area contributed by atoms with Gasteiger partial charge < -0.3 is 5.73 Å². The van der Waals surface area contributed by atoms with Gasteiger partial charge in [-0.3, -0.25) is 9.88 Å². The average Bonchev–Trinajstić information content (AvgIpc) is 2.26. The van der Waals surface area contributed by atoms with Gasteiger partial charge in [-0.1, -0.05) is 25.8 Å². The second-order valence-electron chi connectivity index (χ2n) is 4.87. The van der Waals surface area contributed by atoms with Crippen molar-refractivity contribution in [3.63, 3.8) is 0 Å². The molecule has 3 heteroatoms. The van der Waals surface area contributed by atoms with Crippen LogP contribution >= 0.6 is 0 Å². The lowest BCUT2D eigenvalue weighted by molar-refractivity contribution is 0.292. The molecule has 0 aromatic carbocycles. The van der Waals surface area contributed by atoms with E-state index in [0.29, 0.717) is 0 Å². The number of hydrogen-bond acceptors (Lipinski definition) is 3. The van der Waals surface area contributed by atoms with Crippen LogP contribution in [-0.2, 0) is 6.54 Å². The maximum atomic E-state index is 6.08. The van der Waals surface area contributed by atoms with E-state index in [0.717, 1.165) is 30.9 Å². The summed E-state index contributed by atoms with van der Waals surface area (Å²) in [5, 5.41) is 0. The molecule has 0 spiro atoms. The van der Waals surface area contributed by atoms with Crippen LogP contribution in [-0.4, -0.2) is 29.5 Å². The number of nitrogens with two attached hydrogens (primary N) is 1. The lowest BCUT2D eigenvalue weighted by Crippen LogP contribution is -2.35. The van der Waals surface area contributed by atoms with Gasteiger partial charge in [0.05, 0.1) is 5.69 Å². The standard InChI is InChI=1S/C14H25N3/c1-4-5-8-13(15)10-17(3)11-14-9-6-7-12(2)16-14/h6-7,9,13H,4-5,8,10-11,15H2,1-3H3. The Morgan fingerprint density at radius 3 is 2.82 bits per heavy atom. The van der Waals surface area contributed by atoms with Crippen molar-refractivity contribution in [1.29, 1.82) is 0 Å². The molecule has 0 aliphatic rings. The van der Waals surface area contributed by atoms with Crippen molar-refractivity contribution in [2.24, 2.45) is 5.73 Å². The third-order valence-corrected chi connectivity index (χ3v) is 2.85. The van der Waals surface area contributed by atoms with Gasteiger partial charge in [-0.15, -0.1) is 0 Å². The van der Waals surface area contributed by atoms with Crippen LogP contribution < -0.4 is 5.73 Å². The van der Waals surface area contributed by atoms with E-state index in [-0.39, 0.29) is 6.04 Å². The molecule has 96 valence electrons. The summed E-state index contributed by atoms with van der Waals surface area (Å²) in [4.78, 5) is 6.75. The zero-order valence-corrected chi connectivity index (χ0v) is 11.3. The first kappa shape index (κ1) is 14.1. The fourth-order valence-corrected chi connectivity index (χ4v) is 1.99. The summed E-state index contributed by atoms with van der Waals surface area (Å²) in [7, 11) is 2.11. The molecule has 2 N–H and O–H groups in total. The lowest BCUT2D eigenvalue weighted by Gasteiger charge is -2.20. The molecule has 3 nitrogen and oxygen atoms in total. The van der Waals surface area contributed by atoms with Gasteiger partial charge >= 0.3 is 0 Å². The Morgan fingerprint density at radius 2 is 2.18 bits per heavy atom. The van der Waals surface area contributed by atoms with Gasteiger partial charge in [-0.2, -0.15) is 0 Å². The van der Waals surface area contributed by atoms with E-state index in [4.69, 9.17) is 5.73 Å². The number of unbranched alkanes of at least 4 members (excludes halogenated alkanes) is 1. The van der Waals surface area contributed by atoms with Crippen molar-refractivity contribution in [1.82, 2.24) is 9.88 Å². The molecule has 0 saturated heterocycles. The van der Waals surface area contributed by atoms with Gasteiger partial charge in [-0.25, -0.2) is 0 Å². The monoisotopic (exact) mass is 235 g/mol. The molecule has 1 rings (SSSR count). The normalized spacial score (nSPS) is 13.0. The summed E-state index contributed by atoms with van der Waals surface area (Å²) < 4.78 is 0. The molecular formula is C14H25N3. The van der Waals surface area contributed by atoms with Crippen LogP contribution in [0.15, 0.2) is 18.2 Å². The average molecular weight is 235 g/mol. The molecule has 1 unspecified atom stereocenters. The van der Waals surface area contributed by atoms with Crippen LogP contribution in [0.25, 0.3) is 0 Å². The Labute approximate surface area is 105 Å². The van der Waals surface area contributed by atoms with Crippen molar-refractivity contribution in [2.45, 2.75) is 45.7 Å². The largest absolute Gasteiger partial charge is 0.327 e. The molecule has 0 radical (unpaired) electrons. The van der Waals surface area contributed by atoms with Gasteiger partial charge in [-0.05, 0) is 32.5 Å². The molecule has 1 aromatic heterocycles. The van der Waals surface area contributed by atoms with Crippen LogP contribution in [0.2, 0.25) is 0 Å². The molecule has 0 saturated carbocycles. The third kappa shape index (κ3) is 5.80. The Kier molecular flexibility index (Phi) is 6.16. The first-order valence-corrected chi connectivity index (χ1v) is 6.48. The van der Waals surface area contributed by atoms with Crippen molar-refractivity contribution in [3.8, 4) is 0 Å². The predicted molar refractivity (Wildman–Crippen MR) is 72.8 cm³/mol. The van der Waals surface area contributed by atoms with Gasteiger partial charge in [0.1, 0.15) is 0 Å². The van der Waals surface area contributed by atoms with E-state index in [1.54, 1.807) is 0 Å². The van der Waals surface area contributed by atoms with E-state index in [1.807, 2.05) is 13.0 Å². The number of hydrogen-bond donors (Lipinski definition) is 1. The summed E-state index contributed by atoms with van der Waals surface area (Å²) in [5.41, 5.74) is 8.28. The van der Waals surface area contributed by atoms with Crippen LogP contribution in [0.3, 0.4) is 0 Å². The molecule has 0 amide bonds. The second kappa shape index (κ2) is 7.41.